The van der Waals surface area contributed by atoms with Gasteiger partial charge in [0.15, 0.2) is 0 Å². The van der Waals surface area contributed by atoms with Crippen LogP contribution in [0, 0.1) is 0 Å². The molecule has 1 atom stereocenters. The van der Waals surface area contributed by atoms with Crippen molar-refractivity contribution < 1.29 is 29.0 Å². The van der Waals surface area contributed by atoms with Gasteiger partial charge in [0.2, 0.25) is 11.8 Å². The van der Waals surface area contributed by atoms with E-state index in [0.29, 0.717) is 0 Å². The van der Waals surface area contributed by atoms with E-state index in [4.69, 9.17) is 9.84 Å². The average Bonchev–Trinajstić information content (AvgIpc) is 3.11. The van der Waals surface area contributed by atoms with Gasteiger partial charge < -0.3 is 25.8 Å². The molecule has 9 heteroatoms. The molecule has 4 N–H and O–H groups in total. The summed E-state index contributed by atoms with van der Waals surface area (Å²) in [7, 11) is 0. The maximum absolute atomic E-state index is 12.5. The molecule has 1 aliphatic carbocycles. The molecule has 1 unspecified atom stereocenters. The molecule has 174 valence electrons. The van der Waals surface area contributed by atoms with E-state index in [1.165, 1.54) is 6.92 Å². The van der Waals surface area contributed by atoms with Gasteiger partial charge in [-0.2, -0.15) is 0 Å². The van der Waals surface area contributed by atoms with E-state index < -0.39 is 24.0 Å². The Morgan fingerprint density at radius 1 is 0.939 bits per heavy atom. The lowest BCUT2D eigenvalue weighted by molar-refractivity contribution is -0.137. The van der Waals surface area contributed by atoms with E-state index in [1.807, 2.05) is 48.5 Å². The van der Waals surface area contributed by atoms with Gasteiger partial charge in [-0.15, -0.1) is 0 Å². The zero-order valence-electron chi connectivity index (χ0n) is 18.3. The number of ether oxygens (including phenoxy) is 1. The van der Waals surface area contributed by atoms with Crippen LogP contribution < -0.4 is 16.0 Å². The van der Waals surface area contributed by atoms with Gasteiger partial charge in [-0.1, -0.05) is 48.5 Å². The fraction of sp³-hybridized carbons (Fsp3) is 0.333. The van der Waals surface area contributed by atoms with Gasteiger partial charge in [-0.05, 0) is 28.7 Å². The van der Waals surface area contributed by atoms with Crippen LogP contribution >= 0.6 is 0 Å². The van der Waals surface area contributed by atoms with E-state index in [-0.39, 0.29) is 44.4 Å². The summed E-state index contributed by atoms with van der Waals surface area (Å²) in [6, 6.07) is 14.8. The second-order valence-electron chi connectivity index (χ2n) is 7.73. The molecule has 0 aliphatic heterocycles. The normalized spacial score (nSPS) is 12.8. The topological polar surface area (TPSA) is 134 Å². The highest BCUT2D eigenvalue weighted by atomic mass is 16.5. The van der Waals surface area contributed by atoms with Gasteiger partial charge in [0, 0.05) is 32.4 Å². The number of hydrogen-bond acceptors (Lipinski definition) is 5. The van der Waals surface area contributed by atoms with E-state index in [0.717, 1.165) is 22.3 Å². The van der Waals surface area contributed by atoms with Crippen molar-refractivity contribution in [1.82, 2.24) is 16.0 Å². The average molecular weight is 453 g/mol. The summed E-state index contributed by atoms with van der Waals surface area (Å²) in [5.74, 6) is -1.99. The molecular formula is C24H27N3O6. The van der Waals surface area contributed by atoms with Crippen molar-refractivity contribution in [2.75, 3.05) is 19.7 Å². The number of benzene rings is 2. The van der Waals surface area contributed by atoms with Gasteiger partial charge in [-0.3, -0.25) is 14.4 Å². The molecule has 3 rings (SSSR count). The Morgan fingerprint density at radius 2 is 1.52 bits per heavy atom. The number of carbonyl (C=O) groups is 4. The summed E-state index contributed by atoms with van der Waals surface area (Å²) >= 11 is 0. The fourth-order valence-corrected chi connectivity index (χ4v) is 3.87. The maximum atomic E-state index is 12.5. The third kappa shape index (κ3) is 6.31. The van der Waals surface area contributed by atoms with Gasteiger partial charge in [0.05, 0.1) is 0 Å². The Bertz CT molecular complexity index is 993. The molecule has 0 radical (unpaired) electrons. The Labute approximate surface area is 191 Å². The fourth-order valence-electron chi connectivity index (χ4n) is 3.87. The van der Waals surface area contributed by atoms with Crippen LogP contribution in [0.3, 0.4) is 0 Å². The molecule has 2 aromatic rings. The molecule has 9 nitrogen and oxygen atoms in total. The van der Waals surface area contributed by atoms with E-state index in [9.17, 15) is 19.2 Å². The standard InChI is InChI=1S/C24H27N3O6/c1-15(28)25-12-13-26-23(31)21(10-11-22(29)30)27-24(32)33-14-20-18-8-4-2-6-16(18)17-7-3-5-9-19(17)20/h2-9,20-21H,10-14H2,1H3,(H,25,28)(H,26,31)(H,27,32)(H,29,30). The summed E-state index contributed by atoms with van der Waals surface area (Å²) in [5, 5.41) is 16.5. The molecule has 0 heterocycles. The number of nitrogens with one attached hydrogen (secondary N) is 3. The Hall–Kier alpha value is -3.88. The van der Waals surface area contributed by atoms with E-state index in [1.54, 1.807) is 0 Å². The lowest BCUT2D eigenvalue weighted by atomic mass is 9.98. The third-order valence-electron chi connectivity index (χ3n) is 5.40. The number of rotatable bonds is 10. The number of carboxylic acids is 1. The SMILES string of the molecule is CC(=O)NCCNC(=O)C(CCC(=O)O)NC(=O)OCC1c2ccccc2-c2ccccc21. The smallest absolute Gasteiger partial charge is 0.407 e. The summed E-state index contributed by atoms with van der Waals surface area (Å²) in [6.07, 6.45) is -1.19. The van der Waals surface area contributed by atoms with Crippen LogP contribution in [0.2, 0.25) is 0 Å². The maximum Gasteiger partial charge on any atom is 0.407 e. The molecule has 0 saturated heterocycles. The van der Waals surface area contributed by atoms with Crippen LogP contribution in [0.25, 0.3) is 11.1 Å². The van der Waals surface area contributed by atoms with Crippen LogP contribution in [-0.2, 0) is 19.1 Å². The number of fused-ring (bicyclic) bond motifs is 3. The highest BCUT2D eigenvalue weighted by Crippen LogP contribution is 2.44. The van der Waals surface area contributed by atoms with Crippen molar-refractivity contribution in [2.45, 2.75) is 31.7 Å². The number of carbonyl (C=O) groups excluding carboxylic acids is 3. The van der Waals surface area contributed by atoms with Crippen LogP contribution in [0.1, 0.15) is 36.8 Å². The van der Waals surface area contributed by atoms with Crippen molar-refractivity contribution in [3.63, 3.8) is 0 Å². The number of alkyl carbamates (subject to hydrolysis) is 1. The summed E-state index contributed by atoms with van der Waals surface area (Å²) in [5.41, 5.74) is 4.31. The monoisotopic (exact) mass is 453 g/mol. The first-order valence-electron chi connectivity index (χ1n) is 10.7. The minimum absolute atomic E-state index is 0.0790. The predicted octanol–water partition coefficient (Wildman–Crippen LogP) is 2.01. The Balaban J connectivity index is 1.60. The minimum Gasteiger partial charge on any atom is -0.481 e. The van der Waals surface area contributed by atoms with E-state index >= 15 is 0 Å². The number of hydrogen-bond donors (Lipinski definition) is 4. The lowest BCUT2D eigenvalue weighted by Crippen LogP contribution is -2.48. The first-order valence-corrected chi connectivity index (χ1v) is 10.7. The summed E-state index contributed by atoms with van der Waals surface area (Å²) < 4.78 is 5.45. The molecule has 0 saturated carbocycles. The van der Waals surface area contributed by atoms with E-state index in [2.05, 4.69) is 16.0 Å². The molecule has 2 aromatic carbocycles. The predicted molar refractivity (Wildman–Crippen MR) is 121 cm³/mol. The minimum atomic E-state index is -1.08. The first-order chi connectivity index (χ1) is 15.9. The highest BCUT2D eigenvalue weighted by molar-refractivity contribution is 5.86. The van der Waals surface area contributed by atoms with Crippen LogP contribution in [0.15, 0.2) is 48.5 Å². The summed E-state index contributed by atoms with van der Waals surface area (Å²) in [4.78, 5) is 46.8. The van der Waals surface area contributed by atoms with Gasteiger partial charge in [0.25, 0.3) is 0 Å². The van der Waals surface area contributed by atoms with Crippen LogP contribution in [-0.4, -0.2) is 54.7 Å². The molecule has 0 fully saturated rings. The lowest BCUT2D eigenvalue weighted by Gasteiger charge is -2.19. The van der Waals surface area contributed by atoms with Gasteiger partial charge in [-0.25, -0.2) is 4.79 Å². The van der Waals surface area contributed by atoms with Crippen molar-refractivity contribution >= 4 is 23.9 Å². The number of aliphatic carboxylic acids is 1. The Morgan fingerprint density at radius 3 is 2.09 bits per heavy atom. The molecular weight excluding hydrogens is 426 g/mol. The third-order valence-corrected chi connectivity index (χ3v) is 5.40. The first kappa shape index (κ1) is 23.8. The van der Waals surface area contributed by atoms with Crippen LogP contribution in [0.4, 0.5) is 4.79 Å². The number of carboxylic acid groups (broad SMARTS) is 1. The Kier molecular flexibility index (Phi) is 8.01. The molecule has 0 bridgehead atoms. The van der Waals surface area contributed by atoms with Crippen molar-refractivity contribution in [3.8, 4) is 11.1 Å². The van der Waals surface area contributed by atoms with Gasteiger partial charge >= 0.3 is 12.1 Å². The molecule has 1 aliphatic rings. The molecule has 33 heavy (non-hydrogen) atoms. The quantitative estimate of drug-likeness (QED) is 0.407. The second-order valence-corrected chi connectivity index (χ2v) is 7.73. The largest absolute Gasteiger partial charge is 0.481 e. The highest BCUT2D eigenvalue weighted by Gasteiger charge is 2.29. The van der Waals surface area contributed by atoms with Gasteiger partial charge in [0.1, 0.15) is 12.6 Å². The zero-order chi connectivity index (χ0) is 23.8. The zero-order valence-corrected chi connectivity index (χ0v) is 18.3. The van der Waals surface area contributed by atoms with Crippen molar-refractivity contribution in [2.24, 2.45) is 0 Å². The van der Waals surface area contributed by atoms with Crippen molar-refractivity contribution in [1.29, 1.82) is 0 Å². The van der Waals surface area contributed by atoms with Crippen LogP contribution in [0.5, 0.6) is 0 Å². The molecule has 3 amide bonds. The summed E-state index contributed by atoms with van der Waals surface area (Å²) in [6.45, 7) is 1.80. The van der Waals surface area contributed by atoms with Crippen molar-refractivity contribution in [3.05, 3.63) is 59.7 Å². The molecule has 0 spiro atoms. The number of amides is 3. The molecule has 0 aromatic heterocycles. The second kappa shape index (κ2) is 11.1.